The van der Waals surface area contributed by atoms with Gasteiger partial charge in [-0.25, -0.2) is 8.78 Å². The van der Waals surface area contributed by atoms with Gasteiger partial charge in [0.05, 0.1) is 6.10 Å². The fourth-order valence-corrected chi connectivity index (χ4v) is 7.37. The van der Waals surface area contributed by atoms with E-state index in [1.165, 1.54) is 44.2 Å². The molecule has 0 aliphatic heterocycles. The predicted molar refractivity (Wildman–Crippen MR) is 188 cm³/mol. The number of hydrogen-bond acceptors (Lipinski definition) is 4. The molecule has 2 amide bonds. The summed E-state index contributed by atoms with van der Waals surface area (Å²) in [6.45, 7) is 6.96. The number of nitrogens with one attached hydrogen (secondary N) is 1. The summed E-state index contributed by atoms with van der Waals surface area (Å²) >= 11 is 0. The summed E-state index contributed by atoms with van der Waals surface area (Å²) in [7, 11) is 0. The minimum absolute atomic E-state index is 0.0131. The average molecular weight is 662 g/mol. The number of benzene rings is 3. The number of nitrogens with zero attached hydrogens (tertiary/aromatic N) is 1. The number of hydrogen-bond donors (Lipinski definition) is 3. The Morgan fingerprint density at radius 3 is 2.17 bits per heavy atom. The number of primary amides is 1. The number of aryl methyl sites for hydroxylation is 1. The molecule has 1 aliphatic rings. The first kappa shape index (κ1) is 37.2. The number of aliphatic hydroxyl groups is 1. The molecule has 0 saturated heterocycles. The van der Waals surface area contributed by atoms with Crippen molar-refractivity contribution in [2.75, 3.05) is 19.6 Å². The zero-order valence-electron chi connectivity index (χ0n) is 28.8. The molecule has 0 spiro atoms. The molecule has 3 aromatic rings. The predicted octanol–water partition coefficient (Wildman–Crippen LogP) is 8.01. The summed E-state index contributed by atoms with van der Waals surface area (Å²) < 4.78 is 28.9. The third kappa shape index (κ3) is 10.2. The monoisotopic (exact) mass is 661 g/mol. The molecule has 260 valence electrons. The molecule has 3 atom stereocenters. The summed E-state index contributed by atoms with van der Waals surface area (Å²) in [4.78, 5) is 29.0. The second-order valence-electron chi connectivity index (χ2n) is 13.5. The first-order chi connectivity index (χ1) is 23.1. The van der Waals surface area contributed by atoms with Crippen molar-refractivity contribution in [2.24, 2.45) is 11.7 Å². The van der Waals surface area contributed by atoms with E-state index >= 15 is 0 Å². The van der Waals surface area contributed by atoms with Crippen molar-refractivity contribution in [1.29, 1.82) is 0 Å². The number of carbonyl (C=O) groups is 2. The number of amides is 2. The third-order valence-corrected chi connectivity index (χ3v) is 9.67. The van der Waals surface area contributed by atoms with Gasteiger partial charge in [0, 0.05) is 48.8 Å². The molecule has 0 radical (unpaired) electrons. The van der Waals surface area contributed by atoms with Crippen LogP contribution in [0.4, 0.5) is 8.78 Å². The summed E-state index contributed by atoms with van der Waals surface area (Å²) in [5.41, 5.74) is 8.78. The smallest absolute Gasteiger partial charge is 0.254 e. The van der Waals surface area contributed by atoms with Crippen LogP contribution in [0.2, 0.25) is 0 Å². The molecule has 48 heavy (non-hydrogen) atoms. The van der Waals surface area contributed by atoms with Crippen LogP contribution in [0.5, 0.6) is 0 Å². The van der Waals surface area contributed by atoms with Crippen LogP contribution in [0.3, 0.4) is 0 Å². The maximum atomic E-state index is 14.5. The van der Waals surface area contributed by atoms with Gasteiger partial charge in [-0.05, 0) is 91.5 Å². The van der Waals surface area contributed by atoms with Crippen LogP contribution >= 0.6 is 0 Å². The Morgan fingerprint density at radius 2 is 1.56 bits per heavy atom. The molecule has 0 aromatic heterocycles. The van der Waals surface area contributed by atoms with E-state index in [1.807, 2.05) is 32.0 Å². The summed E-state index contributed by atoms with van der Waals surface area (Å²) in [6.07, 6.45) is 8.62. The lowest BCUT2D eigenvalue weighted by atomic mass is 9.80. The highest BCUT2D eigenvalue weighted by atomic mass is 19.1. The molecule has 0 bridgehead atoms. The molecule has 6 nitrogen and oxygen atoms in total. The fraction of sp³-hybridized carbons (Fsp3) is 0.500. The minimum Gasteiger partial charge on any atom is -0.391 e. The van der Waals surface area contributed by atoms with E-state index in [0.29, 0.717) is 35.7 Å². The van der Waals surface area contributed by atoms with Gasteiger partial charge in [-0.3, -0.25) is 9.59 Å². The molecule has 3 aromatic carbocycles. The largest absolute Gasteiger partial charge is 0.391 e. The van der Waals surface area contributed by atoms with Gasteiger partial charge in [-0.2, -0.15) is 0 Å². The lowest BCUT2D eigenvalue weighted by Gasteiger charge is -2.31. The topological polar surface area (TPSA) is 95.7 Å². The van der Waals surface area contributed by atoms with Gasteiger partial charge in [-0.1, -0.05) is 76.3 Å². The molecule has 1 aliphatic carbocycles. The Morgan fingerprint density at radius 1 is 0.938 bits per heavy atom. The van der Waals surface area contributed by atoms with Gasteiger partial charge >= 0.3 is 0 Å². The molecule has 1 fully saturated rings. The summed E-state index contributed by atoms with van der Waals surface area (Å²) in [5, 5.41) is 15.7. The van der Waals surface area contributed by atoms with Crippen molar-refractivity contribution in [3.63, 3.8) is 0 Å². The van der Waals surface area contributed by atoms with Crippen LogP contribution in [0.15, 0.2) is 60.7 Å². The maximum Gasteiger partial charge on any atom is 0.254 e. The summed E-state index contributed by atoms with van der Waals surface area (Å²) in [5.74, 6) is -2.66. The summed E-state index contributed by atoms with van der Waals surface area (Å²) in [6, 6.07) is 16.7. The van der Waals surface area contributed by atoms with Crippen molar-refractivity contribution >= 4 is 11.8 Å². The lowest BCUT2D eigenvalue weighted by molar-refractivity contribution is 0.0751. The van der Waals surface area contributed by atoms with E-state index in [1.54, 1.807) is 24.0 Å². The van der Waals surface area contributed by atoms with Crippen LogP contribution in [-0.4, -0.2) is 47.6 Å². The van der Waals surface area contributed by atoms with Crippen molar-refractivity contribution in [3.05, 3.63) is 106 Å². The zero-order chi connectivity index (χ0) is 34.6. The number of nitrogens with two attached hydrogens (primary N) is 1. The Bertz CT molecular complexity index is 1470. The van der Waals surface area contributed by atoms with Crippen LogP contribution in [0, 0.1) is 24.5 Å². The standard InChI is InChI=1S/C40H53F2N3O3/c1-4-18-45(19-5-2)40(48)35-21-27(3)20-34(39(43)47)38(35)33(24-29-22-31(41)25-32(42)23-29)37(46)26-44-36(30-14-10-7-11-15-30)17-16-28-12-8-6-9-13-28/h7,10-11,14-15,20-23,25,28,33,36-37,44,46H,4-6,8-9,12-13,16-19,24,26H2,1-3H3,(H2,43,47)/t33-,36-,37+/m1/s1. The van der Waals surface area contributed by atoms with Gasteiger partial charge in [0.25, 0.3) is 5.91 Å². The van der Waals surface area contributed by atoms with Crippen molar-refractivity contribution in [3.8, 4) is 0 Å². The van der Waals surface area contributed by atoms with Gasteiger partial charge in [0.1, 0.15) is 11.6 Å². The van der Waals surface area contributed by atoms with Crippen molar-refractivity contribution in [2.45, 2.75) is 103 Å². The highest BCUT2D eigenvalue weighted by Crippen LogP contribution is 2.35. The number of halogens is 2. The quantitative estimate of drug-likeness (QED) is 0.137. The van der Waals surface area contributed by atoms with E-state index in [4.69, 9.17) is 5.73 Å². The fourth-order valence-electron chi connectivity index (χ4n) is 7.37. The Kier molecular flexibility index (Phi) is 14.1. The van der Waals surface area contributed by atoms with E-state index in [9.17, 15) is 23.5 Å². The van der Waals surface area contributed by atoms with Gasteiger partial charge in [0.15, 0.2) is 0 Å². The zero-order valence-corrected chi connectivity index (χ0v) is 28.8. The molecule has 4 rings (SSSR count). The minimum atomic E-state index is -1.13. The molecule has 0 heterocycles. The Balaban J connectivity index is 1.75. The first-order valence-corrected chi connectivity index (χ1v) is 17.8. The second kappa shape index (κ2) is 18.2. The van der Waals surface area contributed by atoms with Crippen LogP contribution in [-0.2, 0) is 6.42 Å². The van der Waals surface area contributed by atoms with Crippen LogP contribution in [0.1, 0.15) is 127 Å². The normalized spacial score (nSPS) is 15.5. The molecule has 4 N–H and O–H groups in total. The van der Waals surface area contributed by atoms with E-state index < -0.39 is 29.6 Å². The average Bonchev–Trinajstić information content (AvgIpc) is 3.07. The van der Waals surface area contributed by atoms with Crippen LogP contribution in [0.25, 0.3) is 0 Å². The van der Waals surface area contributed by atoms with Gasteiger partial charge in [0.2, 0.25) is 5.91 Å². The van der Waals surface area contributed by atoms with Crippen molar-refractivity contribution < 1.29 is 23.5 Å². The Hall–Kier alpha value is -3.62. The van der Waals surface area contributed by atoms with E-state index in [0.717, 1.165) is 37.3 Å². The first-order valence-electron chi connectivity index (χ1n) is 17.8. The van der Waals surface area contributed by atoms with Crippen molar-refractivity contribution in [1.82, 2.24) is 10.2 Å². The lowest BCUT2D eigenvalue weighted by Crippen LogP contribution is -2.38. The maximum absolute atomic E-state index is 14.5. The van der Waals surface area contributed by atoms with E-state index in [2.05, 4.69) is 17.4 Å². The third-order valence-electron chi connectivity index (χ3n) is 9.67. The number of aliphatic hydroxyl groups excluding tert-OH is 1. The second-order valence-corrected chi connectivity index (χ2v) is 13.5. The number of rotatable bonds is 17. The Labute approximate surface area is 285 Å². The molecule has 0 unspecified atom stereocenters. The molecular formula is C40H53F2N3O3. The SMILES string of the molecule is CCCN(CCC)C(=O)c1cc(C)cc(C(N)=O)c1[C@H](Cc1cc(F)cc(F)c1)[C@@H](O)CN[C@H](CCC1CCCCC1)c1ccccc1. The number of carbonyl (C=O) groups excluding carboxylic acids is 2. The molecule has 1 saturated carbocycles. The van der Waals surface area contributed by atoms with Crippen LogP contribution < -0.4 is 11.1 Å². The highest BCUT2D eigenvalue weighted by molar-refractivity contribution is 6.02. The van der Waals surface area contributed by atoms with Gasteiger partial charge < -0.3 is 21.1 Å². The molecular weight excluding hydrogens is 608 g/mol. The molecule has 8 heteroatoms. The van der Waals surface area contributed by atoms with E-state index in [-0.39, 0.29) is 36.0 Å². The van der Waals surface area contributed by atoms with Gasteiger partial charge in [-0.15, -0.1) is 0 Å². The highest BCUT2D eigenvalue weighted by Gasteiger charge is 2.33.